The Kier molecular flexibility index (Phi) is 23.4. The lowest BCUT2D eigenvalue weighted by Crippen LogP contribution is -2.25. The number of carbonyl (C=O) groups excluding carboxylic acids is 1. The van der Waals surface area contributed by atoms with E-state index in [1.165, 1.54) is 77.2 Å². The van der Waals surface area contributed by atoms with Crippen LogP contribution in [0.5, 0.6) is 0 Å². The van der Waals surface area contributed by atoms with Crippen molar-refractivity contribution in [3.63, 3.8) is 0 Å². The minimum atomic E-state index is -0.987. The summed E-state index contributed by atoms with van der Waals surface area (Å²) in [5.41, 5.74) is 4.84. The minimum Gasteiger partial charge on any atom is -0.480 e. The fraction of sp³-hybridized carbons (Fsp3) is 0.818. The molecule has 0 saturated carbocycles. The van der Waals surface area contributed by atoms with Gasteiger partial charge in [-0.15, -0.1) is 0 Å². The van der Waals surface area contributed by atoms with Crippen LogP contribution in [0, 0.1) is 0 Å². The lowest BCUT2D eigenvalue weighted by molar-refractivity contribution is -0.141. The quantitative estimate of drug-likeness (QED) is 0.162. The molecule has 0 amide bonds. The zero-order valence-electron chi connectivity index (χ0n) is 18.4. The molecule has 0 aromatic rings. The van der Waals surface area contributed by atoms with Gasteiger partial charge in [-0.25, -0.2) is 4.79 Å². The van der Waals surface area contributed by atoms with Gasteiger partial charge in [0.15, 0.2) is 0 Å². The van der Waals surface area contributed by atoms with E-state index in [1.54, 1.807) is 0 Å². The Morgan fingerprint density at radius 3 is 1.83 bits per heavy atom. The van der Waals surface area contributed by atoms with Crippen LogP contribution < -0.4 is 5.73 Å². The molecule has 0 bridgehead atoms. The molecular formula is C22H43NO6. The normalized spacial score (nSPS) is 12.9. The van der Waals surface area contributed by atoms with Gasteiger partial charge in [-0.2, -0.15) is 0 Å². The van der Waals surface area contributed by atoms with Gasteiger partial charge in [-0.05, 0) is 19.8 Å². The molecule has 0 aromatic heterocycles. The zero-order chi connectivity index (χ0) is 22.3. The van der Waals surface area contributed by atoms with E-state index in [0.717, 1.165) is 12.8 Å². The predicted molar refractivity (Wildman–Crippen MR) is 116 cm³/mol. The molecule has 0 spiro atoms. The van der Waals surface area contributed by atoms with Gasteiger partial charge in [0.05, 0.1) is 6.61 Å². The van der Waals surface area contributed by atoms with Gasteiger partial charge in [0.25, 0.3) is 0 Å². The van der Waals surface area contributed by atoms with Gasteiger partial charge in [-0.3, -0.25) is 4.79 Å². The maximum atomic E-state index is 11.3. The summed E-state index contributed by atoms with van der Waals surface area (Å²) in [4.78, 5) is 20.8. The Hall–Kier alpha value is -1.44. The molecule has 5 N–H and O–H groups in total. The van der Waals surface area contributed by atoms with E-state index in [0.29, 0.717) is 0 Å². The molecule has 0 aromatic carbocycles. The number of carboxylic acid groups (broad SMARTS) is 1. The average molecular weight is 418 g/mol. The van der Waals surface area contributed by atoms with Crippen molar-refractivity contribution in [2.24, 2.45) is 5.73 Å². The second kappa shape index (κ2) is 22.8. The molecule has 0 aliphatic carbocycles. The fourth-order valence-electron chi connectivity index (χ4n) is 2.39. The summed E-state index contributed by atoms with van der Waals surface area (Å²) in [6.07, 6.45) is 17.6. The van der Waals surface area contributed by atoms with Crippen molar-refractivity contribution in [3.05, 3.63) is 12.2 Å². The number of nitrogens with two attached hydrogens (primary N) is 1. The minimum absolute atomic E-state index is 0.155. The van der Waals surface area contributed by atoms with Gasteiger partial charge < -0.3 is 25.8 Å². The van der Waals surface area contributed by atoms with Gasteiger partial charge >= 0.3 is 11.9 Å². The summed E-state index contributed by atoms with van der Waals surface area (Å²) < 4.78 is 4.77. The standard InChI is InChI=1S/C19H36O4.C3H7NO2/c1-2-3-4-5-6-7-8-9-10-11-12-13-14-15-19(22)23-17-18(21)16-20;1-2(4)3(5)6/h14-15,18,20-21H,2-13,16-17H2,1H3;2H,4H2,1H3,(H,5,6)/b15-14+;. The molecule has 172 valence electrons. The van der Waals surface area contributed by atoms with E-state index in [-0.39, 0.29) is 6.61 Å². The predicted octanol–water partition coefficient (Wildman–Crippen LogP) is 3.56. The van der Waals surface area contributed by atoms with Crippen molar-refractivity contribution in [3.8, 4) is 0 Å². The summed E-state index contributed by atoms with van der Waals surface area (Å²) >= 11 is 0. The lowest BCUT2D eigenvalue weighted by atomic mass is 10.1. The number of aliphatic carboxylic acids is 1. The second-order valence-corrected chi connectivity index (χ2v) is 7.32. The number of rotatable bonds is 17. The molecule has 0 heterocycles. The first-order valence-electron chi connectivity index (χ1n) is 11.0. The maximum Gasteiger partial charge on any atom is 0.330 e. The number of hydrogen-bond acceptors (Lipinski definition) is 6. The Morgan fingerprint density at radius 2 is 1.41 bits per heavy atom. The van der Waals surface area contributed by atoms with Crippen LogP contribution in [0.2, 0.25) is 0 Å². The zero-order valence-corrected chi connectivity index (χ0v) is 18.4. The van der Waals surface area contributed by atoms with Crippen LogP contribution in [0.4, 0.5) is 0 Å². The summed E-state index contributed by atoms with van der Waals surface area (Å²) in [6, 6.07) is -0.731. The molecule has 0 fully saturated rings. The number of ether oxygens (including phenoxy) is 1. The molecule has 0 radical (unpaired) electrons. The molecule has 0 rings (SSSR count). The number of aliphatic hydroxyl groups excluding tert-OH is 2. The maximum absolute atomic E-state index is 11.3. The SMILES string of the molecule is CC(N)C(=O)O.CCCCCCCCCCCCC/C=C/C(=O)OCC(O)CO. The van der Waals surface area contributed by atoms with Crippen molar-refractivity contribution in [1.29, 1.82) is 0 Å². The lowest BCUT2D eigenvalue weighted by Gasteiger charge is -2.06. The van der Waals surface area contributed by atoms with Crippen molar-refractivity contribution in [2.75, 3.05) is 13.2 Å². The van der Waals surface area contributed by atoms with Crippen LogP contribution in [-0.4, -0.2) is 52.6 Å². The monoisotopic (exact) mass is 417 g/mol. The van der Waals surface area contributed by atoms with Crippen molar-refractivity contribution in [2.45, 2.75) is 103 Å². The summed E-state index contributed by atoms with van der Waals surface area (Å²) in [5.74, 6) is -1.42. The number of allylic oxidation sites excluding steroid dienone is 1. The van der Waals surface area contributed by atoms with E-state index in [9.17, 15) is 9.59 Å². The second-order valence-electron chi connectivity index (χ2n) is 7.32. The van der Waals surface area contributed by atoms with Crippen LogP contribution in [0.25, 0.3) is 0 Å². The van der Waals surface area contributed by atoms with Crippen LogP contribution in [-0.2, 0) is 14.3 Å². The highest BCUT2D eigenvalue weighted by molar-refractivity contribution is 5.81. The van der Waals surface area contributed by atoms with Crippen LogP contribution >= 0.6 is 0 Å². The highest BCUT2D eigenvalue weighted by Crippen LogP contribution is 2.12. The number of esters is 1. The van der Waals surface area contributed by atoms with Crippen molar-refractivity contribution in [1.82, 2.24) is 0 Å². The van der Waals surface area contributed by atoms with E-state index in [2.05, 4.69) is 6.92 Å². The number of carboxylic acids is 1. The topological polar surface area (TPSA) is 130 Å². The van der Waals surface area contributed by atoms with Gasteiger partial charge in [0.2, 0.25) is 0 Å². The average Bonchev–Trinajstić information content (AvgIpc) is 2.69. The van der Waals surface area contributed by atoms with Crippen LogP contribution in [0.3, 0.4) is 0 Å². The third-order valence-electron chi connectivity index (χ3n) is 4.25. The highest BCUT2D eigenvalue weighted by atomic mass is 16.5. The molecule has 2 atom stereocenters. The third kappa shape index (κ3) is 26.6. The first-order chi connectivity index (χ1) is 13.8. The van der Waals surface area contributed by atoms with E-state index >= 15 is 0 Å². The molecule has 2 unspecified atom stereocenters. The van der Waals surface area contributed by atoms with Crippen LogP contribution in [0.1, 0.15) is 90.9 Å². The van der Waals surface area contributed by atoms with E-state index in [1.807, 2.05) is 6.08 Å². The fourth-order valence-corrected chi connectivity index (χ4v) is 2.39. The highest BCUT2D eigenvalue weighted by Gasteiger charge is 2.04. The molecule has 29 heavy (non-hydrogen) atoms. The van der Waals surface area contributed by atoms with Gasteiger partial charge in [0.1, 0.15) is 18.8 Å². The Bertz CT molecular complexity index is 412. The molecule has 0 saturated heterocycles. The van der Waals surface area contributed by atoms with E-state index in [4.69, 9.17) is 25.8 Å². The Morgan fingerprint density at radius 1 is 0.966 bits per heavy atom. The van der Waals surface area contributed by atoms with Crippen molar-refractivity contribution < 1.29 is 29.6 Å². The molecule has 7 nitrogen and oxygen atoms in total. The van der Waals surface area contributed by atoms with Crippen LogP contribution in [0.15, 0.2) is 12.2 Å². The molecular weight excluding hydrogens is 374 g/mol. The molecule has 7 heteroatoms. The van der Waals surface area contributed by atoms with Gasteiger partial charge in [-0.1, -0.05) is 77.2 Å². The summed E-state index contributed by atoms with van der Waals surface area (Å²) in [7, 11) is 0. The van der Waals surface area contributed by atoms with E-state index < -0.39 is 30.7 Å². The Labute approximate surface area is 176 Å². The Balaban J connectivity index is 0. The number of hydrogen-bond donors (Lipinski definition) is 4. The number of carbonyl (C=O) groups is 2. The number of aliphatic hydroxyl groups is 2. The smallest absolute Gasteiger partial charge is 0.330 e. The summed E-state index contributed by atoms with van der Waals surface area (Å²) in [6.45, 7) is 3.12. The van der Waals surface area contributed by atoms with Gasteiger partial charge in [0, 0.05) is 6.08 Å². The summed E-state index contributed by atoms with van der Waals surface area (Å²) in [5, 5.41) is 25.5. The first-order valence-corrected chi connectivity index (χ1v) is 11.0. The molecule has 0 aliphatic heterocycles. The van der Waals surface area contributed by atoms with Crippen molar-refractivity contribution >= 4 is 11.9 Å². The first kappa shape index (κ1) is 29.8. The third-order valence-corrected chi connectivity index (χ3v) is 4.25. The number of unbranched alkanes of at least 4 members (excludes halogenated alkanes) is 11. The largest absolute Gasteiger partial charge is 0.480 e. The molecule has 0 aliphatic rings.